The number of aromatic nitrogens is 2. The fourth-order valence-electron chi connectivity index (χ4n) is 3.51. The highest BCUT2D eigenvalue weighted by atomic mass is 19.4. The second kappa shape index (κ2) is 10.1. The van der Waals surface area contributed by atoms with Crippen molar-refractivity contribution in [1.29, 1.82) is 0 Å². The summed E-state index contributed by atoms with van der Waals surface area (Å²) in [6, 6.07) is 5.98. The summed E-state index contributed by atoms with van der Waals surface area (Å²) < 4.78 is 45.6. The highest BCUT2D eigenvalue weighted by Crippen LogP contribution is 2.32. The first-order chi connectivity index (χ1) is 14.6. The van der Waals surface area contributed by atoms with E-state index in [2.05, 4.69) is 10.00 Å². The number of piperazine rings is 1. The number of nitrogens with zero attached hydrogens (tertiary/aromatic N) is 4. The molecule has 1 amide bonds. The quantitative estimate of drug-likeness (QED) is 0.715. The maximum absolute atomic E-state index is 13.0. The lowest BCUT2D eigenvalue weighted by Crippen LogP contribution is -2.49. The largest absolute Gasteiger partial charge is 0.496 e. The second-order valence-corrected chi connectivity index (χ2v) is 7.24. The lowest BCUT2D eigenvalue weighted by atomic mass is 10.1. The van der Waals surface area contributed by atoms with E-state index in [4.69, 9.17) is 4.74 Å². The molecule has 9 heteroatoms. The molecule has 2 heterocycles. The van der Waals surface area contributed by atoms with E-state index in [0.717, 1.165) is 21.7 Å². The predicted octanol–water partition coefficient (Wildman–Crippen LogP) is 4.21. The number of aryl methyl sites for hydroxylation is 1. The summed E-state index contributed by atoms with van der Waals surface area (Å²) in [5, 5.41) is 3.63. The molecule has 6 nitrogen and oxygen atoms in total. The van der Waals surface area contributed by atoms with Crippen molar-refractivity contribution in [1.82, 2.24) is 14.7 Å². The minimum atomic E-state index is -4.52. The fourth-order valence-corrected chi connectivity index (χ4v) is 3.51. The van der Waals surface area contributed by atoms with Crippen LogP contribution < -0.4 is 9.64 Å². The van der Waals surface area contributed by atoms with Gasteiger partial charge in [-0.05, 0) is 32.4 Å². The van der Waals surface area contributed by atoms with Crippen molar-refractivity contribution in [3.05, 3.63) is 40.7 Å². The highest BCUT2D eigenvalue weighted by molar-refractivity contribution is 5.76. The van der Waals surface area contributed by atoms with Crippen LogP contribution in [0.25, 0.3) is 0 Å². The molecule has 0 radical (unpaired) electrons. The zero-order valence-electron chi connectivity index (χ0n) is 19.0. The third-order valence-electron chi connectivity index (χ3n) is 5.45. The molecule has 0 unspecified atom stereocenters. The molecule has 3 rings (SSSR count). The third-order valence-corrected chi connectivity index (χ3v) is 5.45. The number of carbonyl (C=O) groups excluding carboxylic acids is 1. The molecule has 1 aliphatic heterocycles. The smallest absolute Gasteiger partial charge is 0.435 e. The van der Waals surface area contributed by atoms with Gasteiger partial charge in [-0.3, -0.25) is 9.48 Å². The number of ether oxygens (including phenoxy) is 1. The third kappa shape index (κ3) is 5.51. The Morgan fingerprint density at radius 2 is 1.71 bits per heavy atom. The Morgan fingerprint density at radius 3 is 2.23 bits per heavy atom. The van der Waals surface area contributed by atoms with E-state index >= 15 is 0 Å². The van der Waals surface area contributed by atoms with Gasteiger partial charge >= 0.3 is 6.18 Å². The van der Waals surface area contributed by atoms with Crippen molar-refractivity contribution >= 4 is 11.6 Å². The summed E-state index contributed by atoms with van der Waals surface area (Å²) in [5.74, 6) is 0.580. The highest BCUT2D eigenvalue weighted by Gasteiger charge is 2.37. The van der Waals surface area contributed by atoms with Gasteiger partial charge in [0.05, 0.1) is 7.11 Å². The summed E-state index contributed by atoms with van der Waals surface area (Å²) in [6.45, 7) is 11.0. The molecule has 0 spiro atoms. The van der Waals surface area contributed by atoms with Crippen LogP contribution in [0.3, 0.4) is 0 Å². The topological polar surface area (TPSA) is 50.6 Å². The number of anilines is 1. The first kappa shape index (κ1) is 24.6. The monoisotopic (exact) mass is 440 g/mol. The van der Waals surface area contributed by atoms with Gasteiger partial charge in [0.25, 0.3) is 0 Å². The van der Waals surface area contributed by atoms with Crippen LogP contribution in [0, 0.1) is 20.8 Å². The zero-order valence-corrected chi connectivity index (χ0v) is 19.0. The van der Waals surface area contributed by atoms with Crippen molar-refractivity contribution in [2.75, 3.05) is 38.2 Å². The van der Waals surface area contributed by atoms with Gasteiger partial charge in [0.15, 0.2) is 5.69 Å². The molecule has 31 heavy (non-hydrogen) atoms. The van der Waals surface area contributed by atoms with Crippen LogP contribution in [0.4, 0.5) is 18.9 Å². The first-order valence-corrected chi connectivity index (χ1v) is 10.4. The van der Waals surface area contributed by atoms with Gasteiger partial charge in [-0.1, -0.05) is 19.9 Å². The minimum absolute atomic E-state index is 0.0587. The number of hydrogen-bond acceptors (Lipinski definition) is 4. The normalized spacial score (nSPS) is 14.2. The lowest BCUT2D eigenvalue weighted by molar-refractivity contribution is -0.142. The van der Waals surface area contributed by atoms with Crippen LogP contribution in [0.5, 0.6) is 5.75 Å². The fraction of sp³-hybridized carbons (Fsp3) is 0.545. The van der Waals surface area contributed by atoms with Gasteiger partial charge in [0.1, 0.15) is 12.3 Å². The van der Waals surface area contributed by atoms with E-state index in [1.807, 2.05) is 39.0 Å². The van der Waals surface area contributed by atoms with Crippen LogP contribution in [0.1, 0.15) is 36.4 Å². The Kier molecular flexibility index (Phi) is 7.97. The minimum Gasteiger partial charge on any atom is -0.496 e. The van der Waals surface area contributed by atoms with Crippen LogP contribution in [0.2, 0.25) is 0 Å². The van der Waals surface area contributed by atoms with Crippen molar-refractivity contribution in [2.45, 2.75) is 47.3 Å². The first-order valence-electron chi connectivity index (χ1n) is 10.4. The van der Waals surface area contributed by atoms with E-state index in [0.29, 0.717) is 31.9 Å². The molecule has 2 aromatic rings. The Hall–Kier alpha value is -2.71. The molecule has 0 atom stereocenters. The number of amides is 1. The van der Waals surface area contributed by atoms with Gasteiger partial charge in [-0.15, -0.1) is 0 Å². The maximum atomic E-state index is 13.0. The summed E-state index contributed by atoms with van der Waals surface area (Å²) in [7, 11) is 1.63. The van der Waals surface area contributed by atoms with Crippen molar-refractivity contribution in [2.24, 2.45) is 0 Å². The van der Waals surface area contributed by atoms with Gasteiger partial charge in [-0.2, -0.15) is 18.3 Å². The van der Waals surface area contributed by atoms with Crippen molar-refractivity contribution in [3.63, 3.8) is 0 Å². The predicted molar refractivity (Wildman–Crippen MR) is 115 cm³/mol. The summed E-state index contributed by atoms with van der Waals surface area (Å²) in [6.07, 6.45) is -4.52. The Balaban J connectivity index is 0.00000166. The van der Waals surface area contributed by atoms with E-state index in [9.17, 15) is 18.0 Å². The standard InChI is InChI=1S/C20H25F3N4O2.C2H6/c1-13-5-6-16(11-17(13)29-4)25-7-9-26(10-8-25)18(28)12-27-15(3)14(2)19(24-27)20(21,22)23;1-2/h5-6,11H,7-10,12H2,1-4H3;1-2H3. The van der Waals surface area contributed by atoms with Crippen molar-refractivity contribution in [3.8, 4) is 5.75 Å². The van der Waals surface area contributed by atoms with E-state index in [1.54, 1.807) is 18.9 Å². The summed E-state index contributed by atoms with van der Waals surface area (Å²) >= 11 is 0. The van der Waals surface area contributed by atoms with E-state index < -0.39 is 11.9 Å². The molecule has 1 saturated heterocycles. The SMILES string of the molecule is CC.COc1cc(N2CCN(C(=O)Cn3nc(C(F)(F)F)c(C)c3C)CC2)ccc1C. The molecular weight excluding hydrogens is 409 g/mol. The molecule has 0 N–H and O–H groups in total. The number of benzene rings is 1. The van der Waals surface area contributed by atoms with Crippen molar-refractivity contribution < 1.29 is 22.7 Å². The Labute approximate surface area is 181 Å². The molecule has 0 aliphatic carbocycles. The Bertz CT molecular complexity index is 901. The number of hydrogen-bond donors (Lipinski definition) is 0. The number of carbonyl (C=O) groups is 1. The summed E-state index contributed by atoms with van der Waals surface area (Å²) in [4.78, 5) is 16.5. The molecule has 172 valence electrons. The van der Waals surface area contributed by atoms with Crippen LogP contribution >= 0.6 is 0 Å². The summed E-state index contributed by atoms with van der Waals surface area (Å²) in [5.41, 5.74) is 1.56. The van der Waals surface area contributed by atoms with Gasteiger partial charge in [0.2, 0.25) is 5.91 Å². The van der Waals surface area contributed by atoms with Crippen LogP contribution in [-0.2, 0) is 17.5 Å². The second-order valence-electron chi connectivity index (χ2n) is 7.24. The number of halogens is 3. The molecule has 1 aromatic carbocycles. The lowest BCUT2D eigenvalue weighted by Gasteiger charge is -2.36. The van der Waals surface area contributed by atoms with Gasteiger partial charge in [-0.25, -0.2) is 0 Å². The molecular formula is C22H31F3N4O2. The molecule has 0 saturated carbocycles. The number of alkyl halides is 3. The van der Waals surface area contributed by atoms with Crippen LogP contribution in [0.15, 0.2) is 18.2 Å². The zero-order chi connectivity index (χ0) is 23.3. The molecule has 1 aliphatic rings. The molecule has 0 bridgehead atoms. The average molecular weight is 441 g/mol. The van der Waals surface area contributed by atoms with E-state index in [-0.39, 0.29) is 18.0 Å². The maximum Gasteiger partial charge on any atom is 0.435 e. The van der Waals surface area contributed by atoms with Gasteiger partial charge < -0.3 is 14.5 Å². The average Bonchev–Trinajstić information content (AvgIpc) is 3.04. The number of methoxy groups -OCH3 is 1. The molecule has 1 fully saturated rings. The number of rotatable bonds is 4. The Morgan fingerprint density at radius 1 is 1.10 bits per heavy atom. The molecule has 1 aromatic heterocycles. The van der Waals surface area contributed by atoms with Gasteiger partial charge in [0, 0.05) is 49.2 Å². The van der Waals surface area contributed by atoms with E-state index in [1.165, 1.54) is 6.92 Å². The van der Waals surface area contributed by atoms with Crippen LogP contribution in [-0.4, -0.2) is 53.9 Å².